The lowest BCUT2D eigenvalue weighted by molar-refractivity contribution is 0.249. The van der Waals surface area contributed by atoms with Crippen LogP contribution in [0.1, 0.15) is 50.6 Å². The molecule has 1 aromatic rings. The van der Waals surface area contributed by atoms with Gasteiger partial charge >= 0.3 is 0 Å². The third kappa shape index (κ3) is 4.59. The second-order valence-corrected chi connectivity index (χ2v) is 5.57. The summed E-state index contributed by atoms with van der Waals surface area (Å²) in [5, 5.41) is 0. The molecule has 0 bridgehead atoms. The van der Waals surface area contributed by atoms with E-state index in [-0.39, 0.29) is 11.9 Å². The van der Waals surface area contributed by atoms with Crippen LogP contribution in [0.25, 0.3) is 0 Å². The van der Waals surface area contributed by atoms with Gasteiger partial charge in [0.2, 0.25) is 0 Å². The highest BCUT2D eigenvalue weighted by molar-refractivity contribution is 5.19. The largest absolute Gasteiger partial charge is 0.324 e. The van der Waals surface area contributed by atoms with Gasteiger partial charge in [0.15, 0.2) is 0 Å². The Morgan fingerprint density at radius 3 is 2.79 bits per heavy atom. The van der Waals surface area contributed by atoms with Gasteiger partial charge in [-0.05, 0) is 49.9 Å². The van der Waals surface area contributed by atoms with Gasteiger partial charge in [0.05, 0.1) is 0 Å². The van der Waals surface area contributed by atoms with Crippen molar-refractivity contribution >= 4 is 0 Å². The van der Waals surface area contributed by atoms with Crippen LogP contribution in [0.15, 0.2) is 24.3 Å². The molecule has 106 valence electrons. The van der Waals surface area contributed by atoms with Crippen molar-refractivity contribution in [2.75, 3.05) is 13.1 Å². The van der Waals surface area contributed by atoms with Crippen LogP contribution in [-0.4, -0.2) is 24.0 Å². The zero-order valence-electron chi connectivity index (χ0n) is 11.8. The SMILES string of the molecule is CCCCN(CCC(N)c1cccc(F)c1)C1CC1. The minimum absolute atomic E-state index is 0.0569. The van der Waals surface area contributed by atoms with E-state index in [2.05, 4.69) is 11.8 Å². The molecule has 0 spiro atoms. The predicted molar refractivity (Wildman–Crippen MR) is 77.4 cm³/mol. The van der Waals surface area contributed by atoms with Crippen molar-refractivity contribution in [3.05, 3.63) is 35.6 Å². The molecule has 2 rings (SSSR count). The molecule has 0 amide bonds. The molecule has 1 fully saturated rings. The normalized spacial score (nSPS) is 16.8. The van der Waals surface area contributed by atoms with Crippen LogP contribution in [0, 0.1) is 5.82 Å². The first kappa shape index (κ1) is 14.5. The number of halogens is 1. The summed E-state index contributed by atoms with van der Waals surface area (Å²) in [7, 11) is 0. The Bertz CT molecular complexity index is 390. The lowest BCUT2D eigenvalue weighted by Crippen LogP contribution is -2.30. The van der Waals surface area contributed by atoms with Crippen LogP contribution in [0.5, 0.6) is 0 Å². The first-order valence-corrected chi connectivity index (χ1v) is 7.45. The molecular formula is C16H25FN2. The zero-order chi connectivity index (χ0) is 13.7. The number of hydrogen-bond donors (Lipinski definition) is 1. The van der Waals surface area contributed by atoms with Crippen molar-refractivity contribution in [2.24, 2.45) is 5.73 Å². The van der Waals surface area contributed by atoms with E-state index in [0.717, 1.165) is 24.6 Å². The number of benzene rings is 1. The second kappa shape index (κ2) is 7.01. The number of nitrogens with zero attached hydrogens (tertiary/aromatic N) is 1. The highest BCUT2D eigenvalue weighted by Gasteiger charge is 2.28. The molecule has 0 saturated heterocycles. The zero-order valence-corrected chi connectivity index (χ0v) is 11.8. The van der Waals surface area contributed by atoms with Gasteiger partial charge in [0, 0.05) is 18.6 Å². The van der Waals surface area contributed by atoms with Gasteiger partial charge in [0.1, 0.15) is 5.82 Å². The molecule has 1 aliphatic rings. The summed E-state index contributed by atoms with van der Waals surface area (Å²) in [6.07, 6.45) is 6.06. The van der Waals surface area contributed by atoms with Gasteiger partial charge in [0.25, 0.3) is 0 Å². The molecule has 1 aliphatic carbocycles. The first-order valence-electron chi connectivity index (χ1n) is 7.45. The van der Waals surface area contributed by atoms with Crippen molar-refractivity contribution in [2.45, 2.75) is 51.1 Å². The average Bonchev–Trinajstić information content (AvgIpc) is 3.23. The van der Waals surface area contributed by atoms with Gasteiger partial charge in [-0.25, -0.2) is 4.39 Å². The molecule has 3 heteroatoms. The van der Waals surface area contributed by atoms with E-state index in [4.69, 9.17) is 5.73 Å². The topological polar surface area (TPSA) is 29.3 Å². The number of nitrogens with two attached hydrogens (primary N) is 1. The summed E-state index contributed by atoms with van der Waals surface area (Å²) in [5.41, 5.74) is 7.08. The summed E-state index contributed by atoms with van der Waals surface area (Å²) in [6.45, 7) is 4.43. The molecule has 2 nitrogen and oxygen atoms in total. The summed E-state index contributed by atoms with van der Waals surface area (Å²) >= 11 is 0. The van der Waals surface area contributed by atoms with E-state index in [1.54, 1.807) is 12.1 Å². The standard InChI is InChI=1S/C16H25FN2/c1-2-3-10-19(15-7-8-15)11-9-16(18)13-5-4-6-14(17)12-13/h4-6,12,15-16H,2-3,7-11,18H2,1H3. The predicted octanol–water partition coefficient (Wildman–Crippen LogP) is 3.48. The Balaban J connectivity index is 1.82. The number of hydrogen-bond acceptors (Lipinski definition) is 2. The maximum atomic E-state index is 13.2. The quantitative estimate of drug-likeness (QED) is 0.779. The molecule has 19 heavy (non-hydrogen) atoms. The molecule has 1 saturated carbocycles. The van der Waals surface area contributed by atoms with Crippen molar-refractivity contribution in [1.82, 2.24) is 4.90 Å². The summed E-state index contributed by atoms with van der Waals surface area (Å²) < 4.78 is 13.2. The maximum absolute atomic E-state index is 13.2. The lowest BCUT2D eigenvalue weighted by Gasteiger charge is -2.23. The summed E-state index contributed by atoms with van der Waals surface area (Å²) in [6, 6.07) is 7.40. The molecule has 0 radical (unpaired) electrons. The maximum Gasteiger partial charge on any atom is 0.123 e. The van der Waals surface area contributed by atoms with Gasteiger partial charge in [-0.15, -0.1) is 0 Å². The monoisotopic (exact) mass is 264 g/mol. The Kier molecular flexibility index (Phi) is 5.34. The Hall–Kier alpha value is -0.930. The van der Waals surface area contributed by atoms with E-state index in [1.807, 2.05) is 6.07 Å². The number of unbranched alkanes of at least 4 members (excludes halogenated alkanes) is 1. The van der Waals surface area contributed by atoms with Crippen LogP contribution in [0.3, 0.4) is 0 Å². The molecule has 0 aromatic heterocycles. The average molecular weight is 264 g/mol. The molecule has 1 aromatic carbocycles. The van der Waals surface area contributed by atoms with Gasteiger partial charge in [-0.1, -0.05) is 25.5 Å². The fraction of sp³-hybridized carbons (Fsp3) is 0.625. The summed E-state index contributed by atoms with van der Waals surface area (Å²) in [4.78, 5) is 2.56. The Morgan fingerprint density at radius 1 is 1.37 bits per heavy atom. The first-order chi connectivity index (χ1) is 9.20. The van der Waals surface area contributed by atoms with E-state index >= 15 is 0 Å². The fourth-order valence-corrected chi connectivity index (χ4v) is 2.49. The van der Waals surface area contributed by atoms with Crippen LogP contribution in [0.4, 0.5) is 4.39 Å². The van der Waals surface area contributed by atoms with Crippen molar-refractivity contribution < 1.29 is 4.39 Å². The van der Waals surface area contributed by atoms with Crippen molar-refractivity contribution in [3.63, 3.8) is 0 Å². The molecule has 1 unspecified atom stereocenters. The third-order valence-electron chi connectivity index (χ3n) is 3.87. The van der Waals surface area contributed by atoms with E-state index in [9.17, 15) is 4.39 Å². The Morgan fingerprint density at radius 2 is 2.16 bits per heavy atom. The van der Waals surface area contributed by atoms with Crippen LogP contribution in [0.2, 0.25) is 0 Å². The lowest BCUT2D eigenvalue weighted by atomic mass is 10.0. The van der Waals surface area contributed by atoms with E-state index in [0.29, 0.717) is 0 Å². The van der Waals surface area contributed by atoms with E-state index in [1.165, 1.54) is 38.3 Å². The van der Waals surface area contributed by atoms with Crippen LogP contribution < -0.4 is 5.73 Å². The minimum atomic E-state index is -0.196. The molecule has 1 atom stereocenters. The summed E-state index contributed by atoms with van der Waals surface area (Å²) in [5.74, 6) is -0.196. The van der Waals surface area contributed by atoms with Crippen LogP contribution >= 0.6 is 0 Å². The second-order valence-electron chi connectivity index (χ2n) is 5.57. The molecular weight excluding hydrogens is 239 g/mol. The fourth-order valence-electron chi connectivity index (χ4n) is 2.49. The minimum Gasteiger partial charge on any atom is -0.324 e. The Labute approximate surface area is 115 Å². The van der Waals surface area contributed by atoms with Gasteiger partial charge in [-0.3, -0.25) is 0 Å². The third-order valence-corrected chi connectivity index (χ3v) is 3.87. The van der Waals surface area contributed by atoms with Crippen LogP contribution in [-0.2, 0) is 0 Å². The molecule has 2 N–H and O–H groups in total. The highest BCUT2D eigenvalue weighted by Crippen LogP contribution is 2.28. The van der Waals surface area contributed by atoms with Gasteiger partial charge in [-0.2, -0.15) is 0 Å². The highest BCUT2D eigenvalue weighted by atomic mass is 19.1. The molecule has 0 heterocycles. The smallest absolute Gasteiger partial charge is 0.123 e. The molecule has 0 aliphatic heterocycles. The van der Waals surface area contributed by atoms with Crippen molar-refractivity contribution in [3.8, 4) is 0 Å². The van der Waals surface area contributed by atoms with E-state index < -0.39 is 0 Å². The van der Waals surface area contributed by atoms with Gasteiger partial charge < -0.3 is 10.6 Å². The number of rotatable bonds is 8. The van der Waals surface area contributed by atoms with Crippen molar-refractivity contribution in [1.29, 1.82) is 0 Å².